The fourth-order valence-corrected chi connectivity index (χ4v) is 0.515. The standard InChI is InChI=1S/C6H7.2CH3.Hf/c1-6-4-2-3-5-6;;;/h2,4H,3H2,1H3;2*1H3;/q3*-1;. The summed E-state index contributed by atoms with van der Waals surface area (Å²) in [6.07, 6.45) is 8.33. The van der Waals surface area contributed by atoms with Crippen molar-refractivity contribution >= 4 is 0 Å². The van der Waals surface area contributed by atoms with E-state index >= 15 is 0 Å². The van der Waals surface area contributed by atoms with Crippen LogP contribution in [0.5, 0.6) is 0 Å². The minimum atomic E-state index is 0. The fourth-order valence-electron chi connectivity index (χ4n) is 0.515. The molecule has 0 atom stereocenters. The first-order chi connectivity index (χ1) is 2.89. The first kappa shape index (κ1) is 16.2. The van der Waals surface area contributed by atoms with Crippen LogP contribution in [0.1, 0.15) is 13.3 Å². The third kappa shape index (κ3) is 6.23. The molecular formula is C8H13Hf-3. The van der Waals surface area contributed by atoms with Gasteiger partial charge >= 0.3 is 0 Å². The van der Waals surface area contributed by atoms with Gasteiger partial charge in [-0.2, -0.15) is 6.08 Å². The molecule has 0 aromatic rings. The van der Waals surface area contributed by atoms with Crippen LogP contribution in [0.2, 0.25) is 0 Å². The van der Waals surface area contributed by atoms with E-state index in [-0.39, 0.29) is 40.7 Å². The van der Waals surface area contributed by atoms with Crippen LogP contribution in [0.4, 0.5) is 0 Å². The molecule has 0 saturated heterocycles. The van der Waals surface area contributed by atoms with Crippen LogP contribution in [0.3, 0.4) is 0 Å². The van der Waals surface area contributed by atoms with Crippen LogP contribution >= 0.6 is 0 Å². The summed E-state index contributed by atoms with van der Waals surface area (Å²) in [6.45, 7) is 2.06. The first-order valence-electron chi connectivity index (χ1n) is 2.13. The maximum atomic E-state index is 3.12. The molecule has 9 heavy (non-hydrogen) atoms. The number of allylic oxidation sites excluding steroid dienone is 4. The molecule has 52 valence electrons. The summed E-state index contributed by atoms with van der Waals surface area (Å²) in [6, 6.07) is 0. The molecule has 0 aromatic heterocycles. The number of hydrogen-bond donors (Lipinski definition) is 0. The van der Waals surface area contributed by atoms with Crippen molar-refractivity contribution < 1.29 is 25.8 Å². The zero-order valence-corrected chi connectivity index (χ0v) is 9.95. The Kier molecular flexibility index (Phi) is 15.0. The van der Waals surface area contributed by atoms with E-state index in [1.54, 1.807) is 0 Å². The van der Waals surface area contributed by atoms with Crippen molar-refractivity contribution in [3.05, 3.63) is 38.7 Å². The zero-order chi connectivity index (χ0) is 4.41. The van der Waals surface area contributed by atoms with Crippen molar-refractivity contribution in [3.8, 4) is 0 Å². The van der Waals surface area contributed by atoms with E-state index in [4.69, 9.17) is 0 Å². The normalized spacial score (nSPS) is 12.3. The number of rotatable bonds is 0. The minimum Gasteiger partial charge on any atom is -0.358 e. The molecule has 1 aliphatic rings. The van der Waals surface area contributed by atoms with Gasteiger partial charge in [0.2, 0.25) is 0 Å². The predicted molar refractivity (Wildman–Crippen MR) is 39.0 cm³/mol. The molecule has 0 aromatic carbocycles. The van der Waals surface area contributed by atoms with Crippen LogP contribution in [-0.2, 0) is 25.8 Å². The Bertz CT molecular complexity index is 98.4. The average Bonchev–Trinajstić information content (AvgIpc) is 1.86. The van der Waals surface area contributed by atoms with Gasteiger partial charge in [0.25, 0.3) is 0 Å². The average molecular weight is 288 g/mol. The maximum Gasteiger partial charge on any atom is 0 e. The molecule has 0 saturated carbocycles. The van der Waals surface area contributed by atoms with E-state index in [2.05, 4.69) is 25.2 Å². The molecular weight excluding hydrogens is 275 g/mol. The third-order valence-corrected chi connectivity index (χ3v) is 0.867. The maximum absolute atomic E-state index is 3.12. The van der Waals surface area contributed by atoms with Crippen LogP contribution in [0.25, 0.3) is 0 Å². The molecule has 0 nitrogen and oxygen atoms in total. The van der Waals surface area contributed by atoms with Gasteiger partial charge in [-0.15, -0.1) is 6.42 Å². The second-order valence-corrected chi connectivity index (χ2v) is 1.47. The Balaban J connectivity index is -0.000000120. The third-order valence-electron chi connectivity index (χ3n) is 0.867. The Labute approximate surface area is 77.8 Å². The van der Waals surface area contributed by atoms with Crippen LogP contribution in [-0.4, -0.2) is 0 Å². The largest absolute Gasteiger partial charge is 0.358 e. The second-order valence-electron chi connectivity index (χ2n) is 1.47. The minimum absolute atomic E-state index is 0. The van der Waals surface area contributed by atoms with Crippen molar-refractivity contribution in [1.29, 1.82) is 0 Å². The molecule has 0 N–H and O–H groups in total. The molecule has 1 heteroatoms. The Hall–Kier alpha value is 0.350. The summed E-state index contributed by atoms with van der Waals surface area (Å²) in [5.41, 5.74) is 1.27. The van der Waals surface area contributed by atoms with Gasteiger partial charge in [-0.05, 0) is 0 Å². The summed E-state index contributed by atoms with van der Waals surface area (Å²) in [7, 11) is 0. The van der Waals surface area contributed by atoms with Crippen LogP contribution in [0.15, 0.2) is 17.7 Å². The van der Waals surface area contributed by atoms with E-state index in [0.29, 0.717) is 0 Å². The van der Waals surface area contributed by atoms with Crippen molar-refractivity contribution in [2.75, 3.05) is 0 Å². The van der Waals surface area contributed by atoms with E-state index in [1.807, 2.05) is 0 Å². The Morgan fingerprint density at radius 1 is 1.44 bits per heavy atom. The SMILES string of the molecule is CC1=[C-]CC=C1.[CH3-].[CH3-].[Hf]. The molecule has 0 fully saturated rings. The van der Waals surface area contributed by atoms with Gasteiger partial charge in [0, 0.05) is 25.8 Å². The molecule has 0 bridgehead atoms. The van der Waals surface area contributed by atoms with Gasteiger partial charge in [-0.3, -0.25) is 6.08 Å². The first-order valence-corrected chi connectivity index (χ1v) is 2.13. The molecule has 0 aliphatic heterocycles. The molecule has 0 spiro atoms. The molecule has 1 rings (SSSR count). The van der Waals surface area contributed by atoms with Gasteiger partial charge in [0.1, 0.15) is 0 Å². The van der Waals surface area contributed by atoms with Gasteiger partial charge in [0.05, 0.1) is 0 Å². The summed E-state index contributed by atoms with van der Waals surface area (Å²) < 4.78 is 0. The fraction of sp³-hybridized carbons (Fsp3) is 0.250. The van der Waals surface area contributed by atoms with Crippen LogP contribution in [0, 0.1) is 20.9 Å². The Morgan fingerprint density at radius 2 is 2.00 bits per heavy atom. The van der Waals surface area contributed by atoms with Crippen molar-refractivity contribution in [2.45, 2.75) is 13.3 Å². The van der Waals surface area contributed by atoms with Gasteiger partial charge in [-0.25, -0.2) is 11.6 Å². The molecule has 0 unspecified atom stereocenters. The summed E-state index contributed by atoms with van der Waals surface area (Å²) in [4.78, 5) is 0. The van der Waals surface area contributed by atoms with Crippen LogP contribution < -0.4 is 0 Å². The Morgan fingerprint density at radius 3 is 2.11 bits per heavy atom. The van der Waals surface area contributed by atoms with Crippen molar-refractivity contribution in [2.24, 2.45) is 0 Å². The quantitative estimate of drug-likeness (QED) is 0.475. The molecule has 0 radical (unpaired) electrons. The van der Waals surface area contributed by atoms with Gasteiger partial charge < -0.3 is 14.9 Å². The topological polar surface area (TPSA) is 0 Å². The van der Waals surface area contributed by atoms with E-state index in [9.17, 15) is 0 Å². The van der Waals surface area contributed by atoms with E-state index in [0.717, 1.165) is 6.42 Å². The predicted octanol–water partition coefficient (Wildman–Crippen LogP) is 2.59. The summed E-state index contributed by atoms with van der Waals surface area (Å²) >= 11 is 0. The van der Waals surface area contributed by atoms with E-state index in [1.165, 1.54) is 5.57 Å². The second kappa shape index (κ2) is 8.35. The number of hydrogen-bond acceptors (Lipinski definition) is 0. The molecule has 1 aliphatic carbocycles. The summed E-state index contributed by atoms with van der Waals surface area (Å²) in [5.74, 6) is 0. The van der Waals surface area contributed by atoms with Gasteiger partial charge in [0.15, 0.2) is 0 Å². The van der Waals surface area contributed by atoms with Crippen molar-refractivity contribution in [1.82, 2.24) is 0 Å². The van der Waals surface area contributed by atoms with Crippen molar-refractivity contribution in [3.63, 3.8) is 0 Å². The molecule has 0 heterocycles. The van der Waals surface area contributed by atoms with Gasteiger partial charge in [-0.1, -0.05) is 6.92 Å². The van der Waals surface area contributed by atoms with E-state index < -0.39 is 0 Å². The monoisotopic (exact) mass is 289 g/mol. The zero-order valence-electron chi connectivity index (χ0n) is 6.36. The molecule has 0 amide bonds. The summed E-state index contributed by atoms with van der Waals surface area (Å²) in [5, 5.41) is 0. The smallest absolute Gasteiger partial charge is 0 e.